The van der Waals surface area contributed by atoms with Gasteiger partial charge in [0, 0.05) is 49.3 Å². The number of carbonyl (C=O) groups is 1. The maximum atomic E-state index is 12.2. The van der Waals surface area contributed by atoms with Crippen LogP contribution in [0.15, 0.2) is 28.9 Å². The van der Waals surface area contributed by atoms with Crippen LogP contribution >= 0.6 is 15.9 Å². The van der Waals surface area contributed by atoms with Crippen LogP contribution in [0.25, 0.3) is 10.9 Å². The van der Waals surface area contributed by atoms with Crippen LogP contribution in [0.1, 0.15) is 20.8 Å². The fourth-order valence-electron chi connectivity index (χ4n) is 3.04. The summed E-state index contributed by atoms with van der Waals surface area (Å²) in [6.07, 6.45) is 1.95. The average molecular weight is 394 g/mol. The third-order valence-corrected chi connectivity index (χ3v) is 4.70. The van der Waals surface area contributed by atoms with Crippen molar-refractivity contribution >= 4 is 38.6 Å². The molecule has 130 valence electrons. The maximum Gasteiger partial charge on any atom is 0.410 e. The van der Waals surface area contributed by atoms with Crippen molar-refractivity contribution in [1.29, 1.82) is 0 Å². The molecule has 1 fully saturated rings. The van der Waals surface area contributed by atoms with E-state index in [1.165, 1.54) is 16.6 Å². The number of nitrogens with zero attached hydrogens (tertiary/aromatic N) is 3. The molecular formula is C18H24BrN3O2. The molecule has 24 heavy (non-hydrogen) atoms. The summed E-state index contributed by atoms with van der Waals surface area (Å²) >= 11 is 3.53. The van der Waals surface area contributed by atoms with E-state index in [0.29, 0.717) is 13.1 Å². The van der Waals surface area contributed by atoms with Gasteiger partial charge in [0.15, 0.2) is 0 Å². The van der Waals surface area contributed by atoms with E-state index < -0.39 is 5.60 Å². The lowest BCUT2D eigenvalue weighted by Crippen LogP contribution is -2.50. The van der Waals surface area contributed by atoms with Gasteiger partial charge < -0.3 is 19.1 Å². The van der Waals surface area contributed by atoms with Gasteiger partial charge in [-0.3, -0.25) is 0 Å². The van der Waals surface area contributed by atoms with E-state index in [4.69, 9.17) is 4.74 Å². The first-order chi connectivity index (χ1) is 11.2. The molecule has 1 aliphatic rings. The molecule has 0 N–H and O–H groups in total. The summed E-state index contributed by atoms with van der Waals surface area (Å²) in [5.41, 5.74) is 1.98. The molecule has 2 heterocycles. The van der Waals surface area contributed by atoms with Gasteiger partial charge in [0.1, 0.15) is 5.60 Å². The molecule has 0 bridgehead atoms. The van der Waals surface area contributed by atoms with Crippen molar-refractivity contribution in [3.05, 3.63) is 28.9 Å². The minimum atomic E-state index is -0.447. The summed E-state index contributed by atoms with van der Waals surface area (Å²) in [5, 5.41) is 1.24. The van der Waals surface area contributed by atoms with E-state index in [-0.39, 0.29) is 6.09 Å². The number of ether oxygens (including phenoxy) is 1. The van der Waals surface area contributed by atoms with Gasteiger partial charge in [-0.1, -0.05) is 15.9 Å². The van der Waals surface area contributed by atoms with Crippen molar-refractivity contribution in [3.63, 3.8) is 0 Å². The molecular weight excluding hydrogens is 370 g/mol. The van der Waals surface area contributed by atoms with Crippen LogP contribution in [-0.4, -0.2) is 47.3 Å². The Morgan fingerprint density at radius 1 is 1.17 bits per heavy atom. The van der Waals surface area contributed by atoms with E-state index >= 15 is 0 Å². The maximum absolute atomic E-state index is 12.2. The Bertz CT molecular complexity index is 755. The van der Waals surface area contributed by atoms with Crippen molar-refractivity contribution in [2.24, 2.45) is 7.05 Å². The fraction of sp³-hybridized carbons (Fsp3) is 0.500. The molecule has 0 aliphatic carbocycles. The number of halogens is 1. The highest BCUT2D eigenvalue weighted by Gasteiger charge is 2.26. The first-order valence-corrected chi connectivity index (χ1v) is 9.01. The summed E-state index contributed by atoms with van der Waals surface area (Å²) in [6, 6.07) is 6.35. The lowest BCUT2D eigenvalue weighted by molar-refractivity contribution is 0.0240. The highest BCUT2D eigenvalue weighted by atomic mass is 79.9. The monoisotopic (exact) mass is 393 g/mol. The Hall–Kier alpha value is -1.69. The number of anilines is 1. The number of aromatic nitrogens is 1. The van der Waals surface area contributed by atoms with Crippen LogP contribution < -0.4 is 4.90 Å². The smallest absolute Gasteiger partial charge is 0.410 e. The van der Waals surface area contributed by atoms with Crippen molar-refractivity contribution in [2.75, 3.05) is 31.1 Å². The molecule has 3 rings (SSSR count). The van der Waals surface area contributed by atoms with Crippen molar-refractivity contribution in [2.45, 2.75) is 26.4 Å². The number of hydrogen-bond donors (Lipinski definition) is 0. The van der Waals surface area contributed by atoms with Crippen molar-refractivity contribution in [1.82, 2.24) is 9.47 Å². The molecule has 0 saturated carbocycles. The molecule has 5 nitrogen and oxygen atoms in total. The van der Waals surface area contributed by atoms with Crippen molar-refractivity contribution < 1.29 is 9.53 Å². The fourth-order valence-corrected chi connectivity index (χ4v) is 3.39. The summed E-state index contributed by atoms with van der Waals surface area (Å²) in [4.78, 5) is 16.3. The average Bonchev–Trinajstić information content (AvgIpc) is 2.82. The van der Waals surface area contributed by atoms with Gasteiger partial charge in [-0.05, 0) is 39.0 Å². The molecule has 1 saturated heterocycles. The number of aryl methyl sites for hydroxylation is 1. The van der Waals surface area contributed by atoms with Gasteiger partial charge in [-0.15, -0.1) is 0 Å². The number of carbonyl (C=O) groups excluding carboxylic acids is 1. The number of piperazine rings is 1. The van der Waals surface area contributed by atoms with Gasteiger partial charge in [0.2, 0.25) is 0 Å². The zero-order chi connectivity index (χ0) is 17.5. The van der Waals surface area contributed by atoms with E-state index in [1.54, 1.807) is 4.90 Å². The quantitative estimate of drug-likeness (QED) is 0.734. The second-order valence-corrected chi connectivity index (χ2v) is 8.16. The summed E-state index contributed by atoms with van der Waals surface area (Å²) in [5.74, 6) is 0. The van der Waals surface area contributed by atoms with E-state index in [1.807, 2.05) is 20.8 Å². The molecule has 0 radical (unpaired) electrons. The van der Waals surface area contributed by atoms with Gasteiger partial charge in [0.05, 0.1) is 11.2 Å². The predicted octanol–water partition coefficient (Wildman–Crippen LogP) is 4.00. The first kappa shape index (κ1) is 17.1. The van der Waals surface area contributed by atoms with E-state index in [2.05, 4.69) is 56.8 Å². The number of hydrogen-bond acceptors (Lipinski definition) is 3. The molecule has 0 atom stereocenters. The molecule has 2 aromatic rings. The number of benzene rings is 1. The molecule has 0 unspecified atom stereocenters. The zero-order valence-corrected chi connectivity index (χ0v) is 16.3. The Labute approximate surface area is 151 Å². The second-order valence-electron chi connectivity index (χ2n) is 7.24. The normalized spacial score (nSPS) is 15.9. The summed E-state index contributed by atoms with van der Waals surface area (Å²) in [7, 11) is 2.06. The number of fused-ring (bicyclic) bond motifs is 1. The molecule has 6 heteroatoms. The van der Waals surface area contributed by atoms with E-state index in [9.17, 15) is 4.79 Å². The Balaban J connectivity index is 1.72. The topological polar surface area (TPSA) is 37.7 Å². The van der Waals surface area contributed by atoms with Crippen LogP contribution in [0.5, 0.6) is 0 Å². The van der Waals surface area contributed by atoms with Crippen LogP contribution in [-0.2, 0) is 11.8 Å². The third kappa shape index (κ3) is 3.53. The largest absolute Gasteiger partial charge is 0.444 e. The van der Waals surface area contributed by atoms with Gasteiger partial charge in [-0.25, -0.2) is 4.79 Å². The standard InChI is InChI=1S/C18H24BrN3O2/c1-18(2,3)24-17(23)22-9-7-21(8-10-22)16-12-20(4)15-11-13(19)5-6-14(15)16/h5-6,11-12H,7-10H2,1-4H3. The minimum Gasteiger partial charge on any atom is -0.444 e. The molecule has 1 aliphatic heterocycles. The lowest BCUT2D eigenvalue weighted by atomic mass is 10.2. The SMILES string of the molecule is Cn1cc(N2CCN(C(=O)OC(C)(C)C)CC2)c2ccc(Br)cc21. The number of amides is 1. The zero-order valence-electron chi connectivity index (χ0n) is 14.7. The summed E-state index contributed by atoms with van der Waals surface area (Å²) in [6.45, 7) is 8.69. The first-order valence-electron chi connectivity index (χ1n) is 8.22. The summed E-state index contributed by atoms with van der Waals surface area (Å²) < 4.78 is 8.69. The molecule has 1 aromatic carbocycles. The molecule has 1 aromatic heterocycles. The van der Waals surface area contributed by atoms with Gasteiger partial charge in [0.25, 0.3) is 0 Å². The van der Waals surface area contributed by atoms with Crippen LogP contribution in [0, 0.1) is 0 Å². The van der Waals surface area contributed by atoms with Crippen molar-refractivity contribution in [3.8, 4) is 0 Å². The predicted molar refractivity (Wildman–Crippen MR) is 101 cm³/mol. The van der Waals surface area contributed by atoms with Crippen LogP contribution in [0.3, 0.4) is 0 Å². The second kappa shape index (κ2) is 6.31. The van der Waals surface area contributed by atoms with Crippen LogP contribution in [0.2, 0.25) is 0 Å². The Morgan fingerprint density at radius 2 is 1.83 bits per heavy atom. The Morgan fingerprint density at radius 3 is 2.46 bits per heavy atom. The molecule has 1 amide bonds. The van der Waals surface area contributed by atoms with Gasteiger partial charge >= 0.3 is 6.09 Å². The molecule has 0 spiro atoms. The lowest BCUT2D eigenvalue weighted by Gasteiger charge is -2.36. The number of rotatable bonds is 1. The van der Waals surface area contributed by atoms with Gasteiger partial charge in [-0.2, -0.15) is 0 Å². The highest BCUT2D eigenvalue weighted by molar-refractivity contribution is 9.10. The van der Waals surface area contributed by atoms with Crippen LogP contribution in [0.4, 0.5) is 10.5 Å². The Kier molecular flexibility index (Phi) is 4.51. The third-order valence-electron chi connectivity index (χ3n) is 4.20. The minimum absolute atomic E-state index is 0.219. The van der Waals surface area contributed by atoms with E-state index in [0.717, 1.165) is 17.6 Å². The highest BCUT2D eigenvalue weighted by Crippen LogP contribution is 2.31.